The van der Waals surface area contributed by atoms with Crippen molar-refractivity contribution in [1.29, 1.82) is 0 Å². The van der Waals surface area contributed by atoms with Crippen LogP contribution in [0.5, 0.6) is 0 Å². The Kier molecular flexibility index (Phi) is 10.9. The second-order valence-corrected chi connectivity index (χ2v) is 8.43. The molecular formula is C22H37FIN7O. The van der Waals surface area contributed by atoms with E-state index in [2.05, 4.69) is 20.5 Å². The number of aromatic nitrogens is 1. The molecule has 0 aliphatic carbocycles. The molecule has 8 nitrogen and oxygen atoms in total. The molecule has 2 unspecified atom stereocenters. The van der Waals surface area contributed by atoms with Crippen LogP contribution in [0.3, 0.4) is 0 Å². The number of hydrogen-bond donors (Lipinski definition) is 2. The van der Waals surface area contributed by atoms with Gasteiger partial charge < -0.3 is 20.4 Å². The van der Waals surface area contributed by atoms with Crippen molar-refractivity contribution < 1.29 is 9.18 Å². The molecule has 180 valence electrons. The summed E-state index contributed by atoms with van der Waals surface area (Å²) in [6, 6.07) is 3.27. The van der Waals surface area contributed by atoms with Gasteiger partial charge in [0.15, 0.2) is 17.6 Å². The fourth-order valence-corrected chi connectivity index (χ4v) is 4.33. The Morgan fingerprint density at radius 3 is 2.88 bits per heavy atom. The summed E-state index contributed by atoms with van der Waals surface area (Å²) in [6.45, 7) is 6.84. The van der Waals surface area contributed by atoms with Crippen LogP contribution < -0.4 is 15.5 Å². The summed E-state index contributed by atoms with van der Waals surface area (Å²) < 4.78 is 14.0. The molecule has 0 saturated carbocycles. The van der Waals surface area contributed by atoms with Gasteiger partial charge in [0.1, 0.15) is 0 Å². The molecule has 0 bridgehead atoms. The van der Waals surface area contributed by atoms with Gasteiger partial charge in [-0.3, -0.25) is 14.7 Å². The second kappa shape index (κ2) is 13.1. The molecule has 2 fully saturated rings. The van der Waals surface area contributed by atoms with Gasteiger partial charge in [0.2, 0.25) is 5.91 Å². The van der Waals surface area contributed by atoms with E-state index >= 15 is 0 Å². The molecular weight excluding hydrogens is 524 g/mol. The number of aliphatic imine (C=N–C) groups is 1. The van der Waals surface area contributed by atoms with Gasteiger partial charge in [-0.2, -0.15) is 0 Å². The molecule has 0 aromatic carbocycles. The van der Waals surface area contributed by atoms with Crippen LogP contribution in [0.15, 0.2) is 23.3 Å². The summed E-state index contributed by atoms with van der Waals surface area (Å²) in [5.41, 5.74) is 0. The monoisotopic (exact) mass is 561 g/mol. The van der Waals surface area contributed by atoms with E-state index in [0.717, 1.165) is 57.8 Å². The Balaban J connectivity index is 0.00000363. The zero-order chi connectivity index (χ0) is 22.2. The zero-order valence-corrected chi connectivity index (χ0v) is 21.7. The van der Waals surface area contributed by atoms with Crippen molar-refractivity contribution in [3.8, 4) is 0 Å². The summed E-state index contributed by atoms with van der Waals surface area (Å²) in [4.78, 5) is 27.2. The van der Waals surface area contributed by atoms with Crippen LogP contribution in [0, 0.1) is 5.82 Å². The van der Waals surface area contributed by atoms with Gasteiger partial charge in [0, 0.05) is 59.1 Å². The predicted octanol–water partition coefficient (Wildman–Crippen LogP) is 1.92. The summed E-state index contributed by atoms with van der Waals surface area (Å²) in [6.07, 6.45) is 5.46. The minimum atomic E-state index is -0.281. The Morgan fingerprint density at radius 2 is 2.16 bits per heavy atom. The van der Waals surface area contributed by atoms with E-state index in [0.29, 0.717) is 18.9 Å². The lowest BCUT2D eigenvalue weighted by atomic mass is 10.2. The second-order valence-electron chi connectivity index (χ2n) is 8.43. The largest absolute Gasteiger partial charge is 0.357 e. The highest BCUT2D eigenvalue weighted by molar-refractivity contribution is 14.0. The molecule has 2 aliphatic rings. The Labute approximate surface area is 208 Å². The third-order valence-corrected chi connectivity index (χ3v) is 5.87. The molecule has 0 radical (unpaired) electrons. The van der Waals surface area contributed by atoms with E-state index in [4.69, 9.17) is 4.99 Å². The van der Waals surface area contributed by atoms with Gasteiger partial charge >= 0.3 is 0 Å². The average Bonchev–Trinajstić information content (AvgIpc) is 3.40. The number of anilines is 1. The highest BCUT2D eigenvalue weighted by Gasteiger charge is 2.31. The van der Waals surface area contributed by atoms with Crippen LogP contribution >= 0.6 is 24.0 Å². The molecule has 2 N–H and O–H groups in total. The molecule has 2 saturated heterocycles. The van der Waals surface area contributed by atoms with Gasteiger partial charge in [-0.25, -0.2) is 9.37 Å². The van der Waals surface area contributed by atoms with Crippen LogP contribution in [0.4, 0.5) is 10.2 Å². The minimum absolute atomic E-state index is 0. The number of nitrogens with zero attached hydrogens (tertiary/aromatic N) is 5. The normalized spacial score (nSPS) is 21.4. The summed E-state index contributed by atoms with van der Waals surface area (Å²) in [7, 11) is 3.65. The van der Waals surface area contributed by atoms with Gasteiger partial charge in [0.25, 0.3) is 0 Å². The Morgan fingerprint density at radius 1 is 1.34 bits per heavy atom. The first-order valence-corrected chi connectivity index (χ1v) is 11.3. The number of guanidine groups is 1. The third kappa shape index (κ3) is 7.16. The van der Waals surface area contributed by atoms with Gasteiger partial charge in [-0.05, 0) is 51.3 Å². The fraction of sp³-hybridized carbons (Fsp3) is 0.682. The van der Waals surface area contributed by atoms with Crippen molar-refractivity contribution in [2.45, 2.75) is 44.7 Å². The molecule has 2 aliphatic heterocycles. The van der Waals surface area contributed by atoms with Gasteiger partial charge in [-0.1, -0.05) is 0 Å². The number of likely N-dealkylation sites (tertiary alicyclic amines) is 1. The maximum atomic E-state index is 14.0. The summed E-state index contributed by atoms with van der Waals surface area (Å²) in [5, 5.41) is 6.78. The number of pyridine rings is 1. The number of nitrogens with one attached hydrogen (secondary N) is 2. The van der Waals surface area contributed by atoms with Crippen molar-refractivity contribution in [3.63, 3.8) is 0 Å². The average molecular weight is 561 g/mol. The van der Waals surface area contributed by atoms with Crippen LogP contribution in [0.25, 0.3) is 0 Å². The van der Waals surface area contributed by atoms with E-state index in [1.807, 2.05) is 25.9 Å². The SMILES string of the molecule is CCNC(=NCCCN1CCCC1C(=O)N(C)C)NC1CCN(c2ncccc2F)C1.I. The number of carbonyl (C=O) groups excluding carboxylic acids is 1. The van der Waals surface area contributed by atoms with Gasteiger partial charge in [-0.15, -0.1) is 24.0 Å². The zero-order valence-electron chi connectivity index (χ0n) is 19.4. The number of amides is 1. The van der Waals surface area contributed by atoms with E-state index < -0.39 is 0 Å². The summed E-state index contributed by atoms with van der Waals surface area (Å²) >= 11 is 0. The van der Waals surface area contributed by atoms with Crippen molar-refractivity contribution in [2.24, 2.45) is 4.99 Å². The first-order chi connectivity index (χ1) is 15.0. The first-order valence-electron chi connectivity index (χ1n) is 11.3. The number of likely N-dealkylation sites (N-methyl/N-ethyl adjacent to an activating group) is 1. The van der Waals surface area contributed by atoms with Crippen LogP contribution in [-0.4, -0.2) is 92.1 Å². The van der Waals surface area contributed by atoms with E-state index in [1.54, 1.807) is 17.2 Å². The van der Waals surface area contributed by atoms with Crippen molar-refractivity contribution in [3.05, 3.63) is 24.1 Å². The molecule has 1 aromatic heterocycles. The predicted molar refractivity (Wildman–Crippen MR) is 137 cm³/mol. The van der Waals surface area contributed by atoms with E-state index in [9.17, 15) is 9.18 Å². The van der Waals surface area contributed by atoms with Gasteiger partial charge in [0.05, 0.1) is 6.04 Å². The lowest BCUT2D eigenvalue weighted by Gasteiger charge is -2.25. The lowest BCUT2D eigenvalue weighted by molar-refractivity contribution is -0.133. The highest BCUT2D eigenvalue weighted by atomic mass is 127. The third-order valence-electron chi connectivity index (χ3n) is 5.87. The van der Waals surface area contributed by atoms with Crippen LogP contribution in [-0.2, 0) is 4.79 Å². The molecule has 10 heteroatoms. The molecule has 32 heavy (non-hydrogen) atoms. The van der Waals surface area contributed by atoms with Crippen molar-refractivity contribution in [2.75, 3.05) is 58.3 Å². The Hall–Kier alpha value is -1.69. The first kappa shape index (κ1) is 26.6. The number of halogens is 2. The van der Waals surface area contributed by atoms with Crippen LogP contribution in [0.1, 0.15) is 32.6 Å². The topological polar surface area (TPSA) is 76.1 Å². The number of carbonyl (C=O) groups is 1. The van der Waals surface area contributed by atoms with E-state index in [1.165, 1.54) is 6.07 Å². The highest BCUT2D eigenvalue weighted by Crippen LogP contribution is 2.21. The van der Waals surface area contributed by atoms with Crippen molar-refractivity contribution in [1.82, 2.24) is 25.4 Å². The molecule has 2 atom stereocenters. The molecule has 3 rings (SSSR count). The maximum Gasteiger partial charge on any atom is 0.239 e. The molecule has 1 amide bonds. The van der Waals surface area contributed by atoms with Crippen molar-refractivity contribution >= 4 is 41.7 Å². The Bertz CT molecular complexity index is 764. The van der Waals surface area contributed by atoms with E-state index in [-0.39, 0.29) is 47.8 Å². The fourth-order valence-electron chi connectivity index (χ4n) is 4.33. The standard InChI is InChI=1S/C22H36FN7O.HI/c1-4-24-22(26-12-7-14-29-13-6-9-19(29)21(31)28(2)3)27-17-10-15-30(16-17)20-18(23)8-5-11-25-20;/h5,8,11,17,19H,4,6-7,9-10,12-16H2,1-3H3,(H2,24,26,27);1H. The molecule has 1 aromatic rings. The quantitative estimate of drug-likeness (QED) is 0.219. The summed E-state index contributed by atoms with van der Waals surface area (Å²) in [5.74, 6) is 1.13. The molecule has 0 spiro atoms. The smallest absolute Gasteiger partial charge is 0.239 e. The minimum Gasteiger partial charge on any atom is -0.357 e. The molecule has 3 heterocycles. The van der Waals surface area contributed by atoms with Crippen LogP contribution in [0.2, 0.25) is 0 Å². The number of hydrogen-bond acceptors (Lipinski definition) is 5. The number of rotatable bonds is 8. The lowest BCUT2D eigenvalue weighted by Crippen LogP contribution is -2.45. The maximum absolute atomic E-state index is 14.0.